The van der Waals surface area contributed by atoms with Gasteiger partial charge in [-0.25, -0.2) is 0 Å². The molecule has 3 rings (SSSR count). The van der Waals surface area contributed by atoms with Gasteiger partial charge in [-0.1, -0.05) is 11.2 Å². The normalized spacial score (nSPS) is 22.4. The van der Waals surface area contributed by atoms with Crippen molar-refractivity contribution < 1.29 is 24.2 Å². The van der Waals surface area contributed by atoms with Crippen LogP contribution >= 0.6 is 47.8 Å². The Hall–Kier alpha value is -1.40. The zero-order valence-electron chi connectivity index (χ0n) is 17.4. The number of hydrogen-bond donors (Lipinski definition) is 3. The topological polar surface area (TPSA) is 115 Å². The molecule has 1 spiro atoms. The minimum absolute atomic E-state index is 0.125. The first-order valence-electron chi connectivity index (χ1n) is 9.96. The highest BCUT2D eigenvalue weighted by Crippen LogP contribution is 2.43. The van der Waals surface area contributed by atoms with Crippen molar-refractivity contribution in [3.63, 3.8) is 0 Å². The lowest BCUT2D eigenvalue weighted by molar-refractivity contribution is -0.114. The number of amides is 1. The molecule has 0 bridgehead atoms. The summed E-state index contributed by atoms with van der Waals surface area (Å²) in [6, 6.07) is 5.88. The maximum absolute atomic E-state index is 12.5. The number of allylic oxidation sites excluding steroid dienone is 1. The monoisotopic (exact) mass is 635 g/mol. The average Bonchev–Trinajstić information content (AvgIpc) is 3.18. The van der Waals surface area contributed by atoms with E-state index in [4.69, 9.17) is 20.0 Å². The van der Waals surface area contributed by atoms with Crippen LogP contribution in [0, 0.1) is 0 Å². The molecule has 2 aliphatic rings. The SMILES string of the molecule is COC1=C(Br)[C@H](O)C2(C=C1Br)CC(C(=O)NCCCOc1ccc(CCN)cc1Br)=NO2. The van der Waals surface area contributed by atoms with Gasteiger partial charge in [0.1, 0.15) is 23.3 Å². The molecule has 0 saturated carbocycles. The van der Waals surface area contributed by atoms with Gasteiger partial charge in [0.05, 0.1) is 27.2 Å². The van der Waals surface area contributed by atoms with Crippen LogP contribution in [0.2, 0.25) is 0 Å². The van der Waals surface area contributed by atoms with Gasteiger partial charge in [0.15, 0.2) is 5.60 Å². The highest BCUT2D eigenvalue weighted by molar-refractivity contribution is 9.12. The molecule has 0 aromatic heterocycles. The van der Waals surface area contributed by atoms with E-state index in [0.29, 0.717) is 40.8 Å². The highest BCUT2D eigenvalue weighted by Gasteiger charge is 2.50. The van der Waals surface area contributed by atoms with Crippen molar-refractivity contribution in [3.8, 4) is 5.75 Å². The summed E-state index contributed by atoms with van der Waals surface area (Å²) in [6.45, 7) is 1.44. The van der Waals surface area contributed by atoms with Crippen LogP contribution in [0.5, 0.6) is 5.75 Å². The van der Waals surface area contributed by atoms with Crippen molar-refractivity contribution in [2.75, 3.05) is 26.8 Å². The number of oxime groups is 1. The first-order chi connectivity index (χ1) is 15.3. The number of rotatable bonds is 9. The Morgan fingerprint density at radius 3 is 2.88 bits per heavy atom. The summed E-state index contributed by atoms with van der Waals surface area (Å²) < 4.78 is 12.9. The van der Waals surface area contributed by atoms with Crippen LogP contribution in [0.1, 0.15) is 18.4 Å². The summed E-state index contributed by atoms with van der Waals surface area (Å²) in [5.74, 6) is 0.860. The third kappa shape index (κ3) is 5.56. The maximum atomic E-state index is 12.5. The molecule has 0 radical (unpaired) electrons. The Balaban J connectivity index is 1.45. The minimum atomic E-state index is -1.17. The number of nitrogens with two attached hydrogens (primary N) is 1. The molecule has 2 atom stereocenters. The van der Waals surface area contributed by atoms with Crippen LogP contribution in [-0.2, 0) is 20.8 Å². The van der Waals surface area contributed by atoms with Crippen LogP contribution in [0.4, 0.5) is 0 Å². The molecule has 1 aliphatic heterocycles. The largest absolute Gasteiger partial charge is 0.495 e. The maximum Gasteiger partial charge on any atom is 0.269 e. The second kappa shape index (κ2) is 11.1. The number of benzene rings is 1. The lowest BCUT2D eigenvalue weighted by atomic mass is 9.87. The van der Waals surface area contributed by atoms with E-state index in [2.05, 4.69) is 58.3 Å². The summed E-state index contributed by atoms with van der Waals surface area (Å²) in [4.78, 5) is 18.0. The molecule has 1 heterocycles. The van der Waals surface area contributed by atoms with Crippen molar-refractivity contribution >= 4 is 59.4 Å². The predicted octanol–water partition coefficient (Wildman–Crippen LogP) is 3.26. The van der Waals surface area contributed by atoms with Gasteiger partial charge in [-0.15, -0.1) is 0 Å². The quantitative estimate of drug-likeness (QED) is 0.358. The van der Waals surface area contributed by atoms with E-state index in [-0.39, 0.29) is 18.0 Å². The van der Waals surface area contributed by atoms with Gasteiger partial charge in [-0.2, -0.15) is 0 Å². The number of ether oxygens (including phenoxy) is 2. The molecule has 1 aromatic rings. The number of nitrogens with zero attached hydrogens (tertiary/aromatic N) is 1. The Morgan fingerprint density at radius 2 is 2.19 bits per heavy atom. The number of methoxy groups -OCH3 is 1. The van der Waals surface area contributed by atoms with Gasteiger partial charge in [0.25, 0.3) is 5.91 Å². The Kier molecular flexibility index (Phi) is 8.79. The summed E-state index contributed by atoms with van der Waals surface area (Å²) >= 11 is 10.2. The van der Waals surface area contributed by atoms with E-state index in [1.54, 1.807) is 6.08 Å². The lowest BCUT2D eigenvalue weighted by Gasteiger charge is -2.33. The Labute approximate surface area is 211 Å². The summed E-state index contributed by atoms with van der Waals surface area (Å²) in [6.07, 6.45) is 2.15. The third-order valence-electron chi connectivity index (χ3n) is 5.04. The van der Waals surface area contributed by atoms with Crippen molar-refractivity contribution in [1.29, 1.82) is 0 Å². The van der Waals surface area contributed by atoms with Crippen LogP contribution in [-0.4, -0.2) is 55.2 Å². The fourth-order valence-corrected chi connectivity index (χ4v) is 5.69. The molecule has 0 saturated heterocycles. The van der Waals surface area contributed by atoms with E-state index >= 15 is 0 Å². The summed E-state index contributed by atoms with van der Waals surface area (Å²) in [7, 11) is 1.50. The molecule has 0 fully saturated rings. The van der Waals surface area contributed by atoms with Crippen LogP contribution in [0.25, 0.3) is 0 Å². The molecule has 4 N–H and O–H groups in total. The zero-order valence-corrected chi connectivity index (χ0v) is 22.1. The molecule has 1 aliphatic carbocycles. The molecule has 1 unspecified atom stereocenters. The summed E-state index contributed by atoms with van der Waals surface area (Å²) in [5.41, 5.74) is 5.76. The minimum Gasteiger partial charge on any atom is -0.495 e. The standard InChI is InChI=1S/C21H24Br3N3O5/c1-30-18-14(23)10-21(19(28)17(18)24)11-15(27-32-21)20(29)26-7-2-8-31-16-4-3-12(5-6-25)9-13(16)22/h3-4,9-10,19,28H,2,5-8,11,25H2,1H3,(H,26,29)/t19-,21?/m0/s1. The molecular weight excluding hydrogens is 614 g/mol. The number of carbonyl (C=O) groups is 1. The van der Waals surface area contributed by atoms with E-state index in [1.165, 1.54) is 7.11 Å². The van der Waals surface area contributed by atoms with Crippen molar-refractivity contribution in [1.82, 2.24) is 5.32 Å². The third-order valence-corrected chi connectivity index (χ3v) is 7.04. The molecule has 1 aromatic carbocycles. The van der Waals surface area contributed by atoms with Gasteiger partial charge in [-0.05, 0) is 90.9 Å². The van der Waals surface area contributed by atoms with E-state index < -0.39 is 11.7 Å². The first-order valence-corrected chi connectivity index (χ1v) is 12.3. The predicted molar refractivity (Wildman–Crippen MR) is 132 cm³/mol. The van der Waals surface area contributed by atoms with Gasteiger partial charge >= 0.3 is 0 Å². The van der Waals surface area contributed by atoms with Crippen LogP contribution in [0.3, 0.4) is 0 Å². The van der Waals surface area contributed by atoms with Gasteiger partial charge in [0, 0.05) is 13.0 Å². The number of aliphatic hydroxyl groups is 1. The molecule has 32 heavy (non-hydrogen) atoms. The highest BCUT2D eigenvalue weighted by atomic mass is 79.9. The van der Waals surface area contributed by atoms with Crippen LogP contribution in [0.15, 0.2) is 48.6 Å². The number of hydrogen-bond acceptors (Lipinski definition) is 7. The molecular formula is C21H24Br3N3O5. The molecule has 1 amide bonds. The fraction of sp³-hybridized carbons (Fsp3) is 0.429. The number of carbonyl (C=O) groups excluding carboxylic acids is 1. The van der Waals surface area contributed by atoms with Gasteiger partial charge < -0.3 is 30.5 Å². The number of halogens is 3. The van der Waals surface area contributed by atoms with Crippen molar-refractivity contribution in [2.24, 2.45) is 10.9 Å². The molecule has 11 heteroatoms. The van der Waals surface area contributed by atoms with E-state index in [0.717, 1.165) is 22.2 Å². The Bertz CT molecular complexity index is 966. The molecule has 8 nitrogen and oxygen atoms in total. The van der Waals surface area contributed by atoms with E-state index in [1.807, 2.05) is 18.2 Å². The lowest BCUT2D eigenvalue weighted by Crippen LogP contribution is -2.45. The Morgan fingerprint density at radius 1 is 1.41 bits per heavy atom. The van der Waals surface area contributed by atoms with Crippen LogP contribution < -0.4 is 15.8 Å². The van der Waals surface area contributed by atoms with Gasteiger partial charge in [0.2, 0.25) is 0 Å². The second-order valence-corrected chi connectivity index (χ2v) is 9.86. The fourth-order valence-electron chi connectivity index (χ4n) is 3.36. The number of nitrogens with one attached hydrogen (secondary N) is 1. The van der Waals surface area contributed by atoms with E-state index in [9.17, 15) is 9.90 Å². The second-order valence-electron chi connectivity index (χ2n) is 7.30. The first kappa shape index (κ1) is 25.2. The summed E-state index contributed by atoms with van der Waals surface area (Å²) in [5, 5.41) is 17.4. The van der Waals surface area contributed by atoms with Gasteiger partial charge in [-0.3, -0.25) is 4.79 Å². The molecule has 174 valence electrons. The number of aliphatic hydroxyl groups excluding tert-OH is 1. The smallest absolute Gasteiger partial charge is 0.269 e. The van der Waals surface area contributed by atoms with Crippen molar-refractivity contribution in [3.05, 3.63) is 49.0 Å². The average molecular weight is 638 g/mol. The zero-order chi connectivity index (χ0) is 23.3. The van der Waals surface area contributed by atoms with Crippen molar-refractivity contribution in [2.45, 2.75) is 31.0 Å².